The minimum atomic E-state index is -0.0897. The maximum atomic E-state index is 12.3. The van der Waals surface area contributed by atoms with Gasteiger partial charge in [0.15, 0.2) is 0 Å². The maximum Gasteiger partial charge on any atom is 0.238 e. The van der Waals surface area contributed by atoms with Crippen molar-refractivity contribution in [3.8, 4) is 0 Å². The predicted molar refractivity (Wildman–Crippen MR) is 99.1 cm³/mol. The van der Waals surface area contributed by atoms with Crippen molar-refractivity contribution in [2.45, 2.75) is 53.0 Å². The highest BCUT2D eigenvalue weighted by molar-refractivity contribution is 5.93. The summed E-state index contributed by atoms with van der Waals surface area (Å²) in [6.07, 6.45) is 2.74. The Balaban J connectivity index is 2.57. The Kier molecular flexibility index (Phi) is 9.08. The largest absolute Gasteiger partial charge is 0.352 e. The van der Waals surface area contributed by atoms with E-state index < -0.39 is 0 Å². The molecule has 2 amide bonds. The van der Waals surface area contributed by atoms with Gasteiger partial charge in [0, 0.05) is 11.7 Å². The van der Waals surface area contributed by atoms with Crippen LogP contribution in [0.1, 0.15) is 45.6 Å². The first-order chi connectivity index (χ1) is 11.5. The van der Waals surface area contributed by atoms with Crippen molar-refractivity contribution < 1.29 is 9.59 Å². The number of amides is 2. The van der Waals surface area contributed by atoms with Crippen LogP contribution >= 0.6 is 0 Å². The number of hydrogen-bond acceptors (Lipinski definition) is 3. The molecule has 0 spiro atoms. The third-order valence-corrected chi connectivity index (χ3v) is 4.04. The van der Waals surface area contributed by atoms with Crippen LogP contribution in [0.25, 0.3) is 0 Å². The van der Waals surface area contributed by atoms with E-state index in [1.54, 1.807) is 0 Å². The molecule has 0 unspecified atom stereocenters. The number of hydrogen-bond donors (Lipinski definition) is 2. The summed E-state index contributed by atoms with van der Waals surface area (Å²) in [4.78, 5) is 26.3. The van der Waals surface area contributed by atoms with Gasteiger partial charge < -0.3 is 10.6 Å². The van der Waals surface area contributed by atoms with Gasteiger partial charge in [-0.1, -0.05) is 39.0 Å². The number of para-hydroxylation sites is 1. The van der Waals surface area contributed by atoms with Gasteiger partial charge in [-0.25, -0.2) is 0 Å². The number of nitrogens with one attached hydrogen (secondary N) is 2. The Labute approximate surface area is 145 Å². The van der Waals surface area contributed by atoms with Crippen LogP contribution in [0, 0.1) is 6.92 Å². The number of anilines is 1. The molecule has 0 aliphatic carbocycles. The Morgan fingerprint density at radius 1 is 1.04 bits per heavy atom. The summed E-state index contributed by atoms with van der Waals surface area (Å²) in [5.41, 5.74) is 1.85. The third kappa shape index (κ3) is 7.13. The molecular weight excluding hydrogens is 302 g/mol. The van der Waals surface area contributed by atoms with Gasteiger partial charge in [-0.3, -0.25) is 14.5 Å². The summed E-state index contributed by atoms with van der Waals surface area (Å²) in [6.45, 7) is 9.33. The van der Waals surface area contributed by atoms with E-state index >= 15 is 0 Å². The number of benzene rings is 1. The molecule has 0 saturated carbocycles. The summed E-state index contributed by atoms with van der Waals surface area (Å²) >= 11 is 0. The predicted octanol–water partition coefficient (Wildman–Crippen LogP) is 2.95. The second-order valence-electron chi connectivity index (χ2n) is 6.15. The van der Waals surface area contributed by atoms with Crippen molar-refractivity contribution in [3.05, 3.63) is 29.8 Å². The molecule has 0 radical (unpaired) electrons. The smallest absolute Gasteiger partial charge is 0.238 e. The van der Waals surface area contributed by atoms with E-state index in [-0.39, 0.29) is 30.9 Å². The van der Waals surface area contributed by atoms with E-state index in [0.717, 1.165) is 37.1 Å². The van der Waals surface area contributed by atoms with Gasteiger partial charge in [-0.2, -0.15) is 0 Å². The summed E-state index contributed by atoms with van der Waals surface area (Å²) in [5, 5.41) is 5.95. The van der Waals surface area contributed by atoms with Crippen LogP contribution in [-0.2, 0) is 9.59 Å². The fraction of sp³-hybridized carbons (Fsp3) is 0.579. The zero-order valence-electron chi connectivity index (χ0n) is 15.4. The molecule has 5 heteroatoms. The van der Waals surface area contributed by atoms with Crippen molar-refractivity contribution in [1.82, 2.24) is 10.2 Å². The molecule has 1 aromatic rings. The normalized spacial score (nSPS) is 10.9. The molecule has 1 aromatic carbocycles. The average molecular weight is 333 g/mol. The van der Waals surface area contributed by atoms with Crippen molar-refractivity contribution in [1.29, 1.82) is 0 Å². The Hall–Kier alpha value is -1.88. The lowest BCUT2D eigenvalue weighted by Crippen LogP contribution is -2.44. The van der Waals surface area contributed by atoms with Gasteiger partial charge in [-0.15, -0.1) is 0 Å². The van der Waals surface area contributed by atoms with Crippen LogP contribution in [0.3, 0.4) is 0 Å². The van der Waals surface area contributed by atoms with E-state index in [0.29, 0.717) is 0 Å². The SMILES string of the molecule is CCCN(CC(=O)Nc1ccccc1C)CC(=O)NC(CC)CC. The highest BCUT2D eigenvalue weighted by Crippen LogP contribution is 2.13. The van der Waals surface area contributed by atoms with Crippen molar-refractivity contribution >= 4 is 17.5 Å². The molecule has 2 N–H and O–H groups in total. The fourth-order valence-corrected chi connectivity index (χ4v) is 2.61. The lowest BCUT2D eigenvalue weighted by Gasteiger charge is -2.22. The van der Waals surface area contributed by atoms with Crippen molar-refractivity contribution in [2.24, 2.45) is 0 Å². The van der Waals surface area contributed by atoms with E-state index in [1.165, 1.54) is 0 Å². The van der Waals surface area contributed by atoms with Crippen LogP contribution < -0.4 is 10.6 Å². The summed E-state index contributed by atoms with van der Waals surface area (Å²) in [5.74, 6) is -0.103. The van der Waals surface area contributed by atoms with Gasteiger partial charge in [0.25, 0.3) is 0 Å². The first-order valence-corrected chi connectivity index (χ1v) is 8.87. The number of aryl methyl sites for hydroxylation is 1. The summed E-state index contributed by atoms with van der Waals surface area (Å²) < 4.78 is 0. The molecule has 0 saturated heterocycles. The number of carbonyl (C=O) groups is 2. The topological polar surface area (TPSA) is 61.4 Å². The van der Waals surface area contributed by atoms with Gasteiger partial charge in [0.2, 0.25) is 11.8 Å². The molecule has 0 aliphatic heterocycles. The van der Waals surface area contributed by atoms with Crippen LogP contribution in [0.4, 0.5) is 5.69 Å². The molecule has 134 valence electrons. The first-order valence-electron chi connectivity index (χ1n) is 8.87. The van der Waals surface area contributed by atoms with Crippen LogP contribution in [0.2, 0.25) is 0 Å². The third-order valence-electron chi connectivity index (χ3n) is 4.04. The second-order valence-corrected chi connectivity index (χ2v) is 6.15. The first kappa shape index (κ1) is 20.2. The number of rotatable bonds is 10. The van der Waals surface area contributed by atoms with Gasteiger partial charge >= 0.3 is 0 Å². The van der Waals surface area contributed by atoms with Crippen LogP contribution in [0.15, 0.2) is 24.3 Å². The molecule has 0 aromatic heterocycles. The molecule has 0 bridgehead atoms. The van der Waals surface area contributed by atoms with E-state index in [9.17, 15) is 9.59 Å². The van der Waals surface area contributed by atoms with Gasteiger partial charge in [0.1, 0.15) is 0 Å². The molecular formula is C19H31N3O2. The van der Waals surface area contributed by atoms with Crippen LogP contribution in [0.5, 0.6) is 0 Å². The zero-order chi connectivity index (χ0) is 17.9. The molecule has 1 rings (SSSR count). The highest BCUT2D eigenvalue weighted by Gasteiger charge is 2.16. The maximum absolute atomic E-state index is 12.3. The standard InChI is InChI=1S/C19H31N3O2/c1-5-12-22(13-18(23)20-16(6-2)7-3)14-19(24)21-17-11-9-8-10-15(17)4/h8-11,16H,5-7,12-14H2,1-4H3,(H,20,23)(H,21,24). The number of nitrogens with zero attached hydrogens (tertiary/aromatic N) is 1. The quantitative estimate of drug-likeness (QED) is 0.692. The van der Waals surface area contributed by atoms with E-state index in [4.69, 9.17) is 0 Å². The molecule has 5 nitrogen and oxygen atoms in total. The second kappa shape index (κ2) is 10.8. The lowest BCUT2D eigenvalue weighted by atomic mass is 10.2. The van der Waals surface area contributed by atoms with Crippen LogP contribution in [-0.4, -0.2) is 42.4 Å². The fourth-order valence-electron chi connectivity index (χ4n) is 2.61. The Morgan fingerprint density at radius 3 is 2.25 bits per heavy atom. The molecule has 0 fully saturated rings. The molecule has 0 atom stereocenters. The molecule has 0 aliphatic rings. The monoisotopic (exact) mass is 333 g/mol. The number of carbonyl (C=O) groups excluding carboxylic acids is 2. The van der Waals surface area contributed by atoms with E-state index in [1.807, 2.05) is 43.0 Å². The van der Waals surface area contributed by atoms with Gasteiger partial charge in [0.05, 0.1) is 13.1 Å². The Morgan fingerprint density at radius 2 is 1.67 bits per heavy atom. The minimum Gasteiger partial charge on any atom is -0.352 e. The van der Waals surface area contributed by atoms with Crippen molar-refractivity contribution in [3.63, 3.8) is 0 Å². The van der Waals surface area contributed by atoms with E-state index in [2.05, 4.69) is 24.5 Å². The van der Waals surface area contributed by atoms with Gasteiger partial charge in [-0.05, 0) is 44.4 Å². The zero-order valence-corrected chi connectivity index (χ0v) is 15.4. The molecule has 24 heavy (non-hydrogen) atoms. The Bertz CT molecular complexity index is 527. The van der Waals surface area contributed by atoms with Crippen molar-refractivity contribution in [2.75, 3.05) is 25.0 Å². The average Bonchev–Trinajstić information content (AvgIpc) is 2.55. The minimum absolute atomic E-state index is 0.0131. The highest BCUT2D eigenvalue weighted by atomic mass is 16.2. The lowest BCUT2D eigenvalue weighted by molar-refractivity contribution is -0.124. The molecule has 0 heterocycles. The summed E-state index contributed by atoms with van der Waals surface area (Å²) in [7, 11) is 0. The summed E-state index contributed by atoms with van der Waals surface area (Å²) in [6, 6.07) is 7.90.